The van der Waals surface area contributed by atoms with E-state index in [4.69, 9.17) is 4.74 Å². The SMILES string of the molecule is Cc1ccc([C@H](CN2CCOCC2)Nc2nc(C(F)(F)F)nc3ccccc23)cc1. The molecule has 0 aliphatic carbocycles. The van der Waals surface area contributed by atoms with Crippen LogP contribution in [0.4, 0.5) is 19.0 Å². The topological polar surface area (TPSA) is 50.3 Å². The highest BCUT2D eigenvalue weighted by Crippen LogP contribution is 2.32. The lowest BCUT2D eigenvalue weighted by Crippen LogP contribution is -2.40. The van der Waals surface area contributed by atoms with Gasteiger partial charge in [0.25, 0.3) is 0 Å². The maximum atomic E-state index is 13.4. The average molecular weight is 416 g/mol. The summed E-state index contributed by atoms with van der Waals surface area (Å²) in [6, 6.07) is 14.5. The highest BCUT2D eigenvalue weighted by molar-refractivity contribution is 5.89. The van der Waals surface area contributed by atoms with Gasteiger partial charge in [-0.1, -0.05) is 42.0 Å². The third-order valence-corrected chi connectivity index (χ3v) is 5.19. The fraction of sp³-hybridized carbons (Fsp3) is 0.364. The molecule has 158 valence electrons. The molecule has 1 aliphatic heterocycles. The number of benzene rings is 2. The highest BCUT2D eigenvalue weighted by Gasteiger charge is 2.35. The molecule has 0 radical (unpaired) electrons. The van der Waals surface area contributed by atoms with Gasteiger partial charge in [-0.05, 0) is 24.6 Å². The summed E-state index contributed by atoms with van der Waals surface area (Å²) in [5.41, 5.74) is 2.37. The standard InChI is InChI=1S/C22H23F3N4O/c1-15-6-8-16(9-7-15)19(14-29-10-12-30-13-11-29)26-20-17-4-2-3-5-18(17)27-21(28-20)22(23,24)25/h2-9,19H,10-14H2,1H3,(H,26,27,28)/t19-/m0/s1. The summed E-state index contributed by atoms with van der Waals surface area (Å²) in [7, 11) is 0. The van der Waals surface area contributed by atoms with E-state index in [1.54, 1.807) is 24.3 Å². The van der Waals surface area contributed by atoms with Gasteiger partial charge in [0, 0.05) is 25.0 Å². The Morgan fingerprint density at radius 3 is 2.43 bits per heavy atom. The van der Waals surface area contributed by atoms with Crippen molar-refractivity contribution < 1.29 is 17.9 Å². The van der Waals surface area contributed by atoms with E-state index < -0.39 is 12.0 Å². The molecule has 1 aromatic heterocycles. The first-order valence-electron chi connectivity index (χ1n) is 9.87. The second kappa shape index (κ2) is 8.57. The molecule has 2 heterocycles. The molecule has 1 fully saturated rings. The van der Waals surface area contributed by atoms with Crippen LogP contribution in [0.1, 0.15) is 23.0 Å². The molecule has 5 nitrogen and oxygen atoms in total. The van der Waals surface area contributed by atoms with Crippen LogP contribution in [-0.2, 0) is 10.9 Å². The van der Waals surface area contributed by atoms with E-state index in [1.807, 2.05) is 31.2 Å². The zero-order valence-corrected chi connectivity index (χ0v) is 16.6. The van der Waals surface area contributed by atoms with Gasteiger partial charge in [0.1, 0.15) is 5.82 Å². The van der Waals surface area contributed by atoms with E-state index in [0.717, 1.165) is 24.2 Å². The Morgan fingerprint density at radius 2 is 1.73 bits per heavy atom. The summed E-state index contributed by atoms with van der Waals surface area (Å²) in [5.74, 6) is -0.954. The summed E-state index contributed by atoms with van der Waals surface area (Å²) in [5, 5.41) is 3.84. The number of fused-ring (bicyclic) bond motifs is 1. The van der Waals surface area contributed by atoms with Gasteiger partial charge in [-0.25, -0.2) is 9.97 Å². The van der Waals surface area contributed by atoms with Crippen LogP contribution in [0.2, 0.25) is 0 Å². The minimum absolute atomic E-state index is 0.187. The predicted octanol–water partition coefficient (Wildman–Crippen LogP) is 4.44. The number of anilines is 1. The molecule has 0 bridgehead atoms. The van der Waals surface area contributed by atoms with Gasteiger partial charge in [-0.3, -0.25) is 4.90 Å². The Labute approximate surface area is 172 Å². The third kappa shape index (κ3) is 4.71. The first-order valence-corrected chi connectivity index (χ1v) is 9.87. The van der Waals surface area contributed by atoms with Crippen molar-refractivity contribution in [1.29, 1.82) is 0 Å². The Bertz CT molecular complexity index is 1000. The van der Waals surface area contributed by atoms with Gasteiger partial charge in [-0.2, -0.15) is 13.2 Å². The zero-order valence-electron chi connectivity index (χ0n) is 16.6. The molecule has 3 aromatic rings. The highest BCUT2D eigenvalue weighted by atomic mass is 19.4. The van der Waals surface area contributed by atoms with Crippen molar-refractivity contribution in [2.24, 2.45) is 0 Å². The summed E-state index contributed by atoms with van der Waals surface area (Å²) in [6.45, 7) is 5.49. The Kier molecular flexibility index (Phi) is 5.87. The first kappa shape index (κ1) is 20.6. The van der Waals surface area contributed by atoms with E-state index in [1.165, 1.54) is 0 Å². The van der Waals surface area contributed by atoms with Crippen LogP contribution in [0.5, 0.6) is 0 Å². The fourth-order valence-corrected chi connectivity index (χ4v) is 3.55. The van der Waals surface area contributed by atoms with Crippen molar-refractivity contribution in [3.05, 3.63) is 65.5 Å². The number of aromatic nitrogens is 2. The van der Waals surface area contributed by atoms with Crippen LogP contribution >= 0.6 is 0 Å². The Balaban J connectivity index is 1.72. The second-order valence-corrected chi connectivity index (χ2v) is 7.43. The second-order valence-electron chi connectivity index (χ2n) is 7.43. The van der Waals surface area contributed by atoms with E-state index in [2.05, 4.69) is 20.2 Å². The van der Waals surface area contributed by atoms with Crippen LogP contribution < -0.4 is 5.32 Å². The monoisotopic (exact) mass is 416 g/mol. The Morgan fingerprint density at radius 1 is 1.03 bits per heavy atom. The van der Waals surface area contributed by atoms with Gasteiger partial charge in [0.15, 0.2) is 0 Å². The molecule has 4 rings (SSSR count). The molecule has 1 saturated heterocycles. The molecular formula is C22H23F3N4O. The van der Waals surface area contributed by atoms with E-state index in [0.29, 0.717) is 25.1 Å². The number of aryl methyl sites for hydroxylation is 1. The zero-order chi connectivity index (χ0) is 21.1. The summed E-state index contributed by atoms with van der Waals surface area (Å²) in [4.78, 5) is 9.81. The van der Waals surface area contributed by atoms with Gasteiger partial charge >= 0.3 is 6.18 Å². The molecular weight excluding hydrogens is 393 g/mol. The van der Waals surface area contributed by atoms with Crippen molar-refractivity contribution in [2.75, 3.05) is 38.2 Å². The quantitative estimate of drug-likeness (QED) is 0.666. The van der Waals surface area contributed by atoms with Gasteiger partial charge in [0.05, 0.1) is 24.8 Å². The largest absolute Gasteiger partial charge is 0.451 e. The van der Waals surface area contributed by atoms with E-state index >= 15 is 0 Å². The number of rotatable bonds is 5. The maximum absolute atomic E-state index is 13.4. The molecule has 30 heavy (non-hydrogen) atoms. The number of alkyl halides is 3. The lowest BCUT2D eigenvalue weighted by molar-refractivity contribution is -0.144. The van der Waals surface area contributed by atoms with Crippen molar-refractivity contribution in [2.45, 2.75) is 19.1 Å². The fourth-order valence-electron chi connectivity index (χ4n) is 3.55. The molecule has 1 atom stereocenters. The number of hydrogen-bond donors (Lipinski definition) is 1. The molecule has 0 saturated carbocycles. The molecule has 1 N–H and O–H groups in total. The van der Waals surface area contributed by atoms with E-state index in [9.17, 15) is 13.2 Å². The van der Waals surface area contributed by atoms with Gasteiger partial charge in [0.2, 0.25) is 5.82 Å². The van der Waals surface area contributed by atoms with Crippen LogP contribution in [0.25, 0.3) is 10.9 Å². The number of morpholine rings is 1. The number of halogens is 3. The lowest BCUT2D eigenvalue weighted by atomic mass is 10.0. The molecule has 0 amide bonds. The number of para-hydroxylation sites is 1. The van der Waals surface area contributed by atoms with Crippen LogP contribution in [0.3, 0.4) is 0 Å². The average Bonchev–Trinajstić information content (AvgIpc) is 2.74. The normalized spacial score (nSPS) is 16.5. The van der Waals surface area contributed by atoms with Crippen molar-refractivity contribution in [3.8, 4) is 0 Å². The molecule has 0 unspecified atom stereocenters. The van der Waals surface area contributed by atoms with Crippen LogP contribution in [-0.4, -0.2) is 47.7 Å². The van der Waals surface area contributed by atoms with E-state index in [-0.39, 0.29) is 17.4 Å². The number of ether oxygens (including phenoxy) is 1. The molecule has 8 heteroatoms. The third-order valence-electron chi connectivity index (χ3n) is 5.19. The van der Waals surface area contributed by atoms with Gasteiger partial charge in [-0.15, -0.1) is 0 Å². The van der Waals surface area contributed by atoms with Gasteiger partial charge < -0.3 is 10.1 Å². The molecule has 1 aliphatic rings. The summed E-state index contributed by atoms with van der Waals surface area (Å²) in [6.07, 6.45) is -4.62. The Hall–Kier alpha value is -2.71. The lowest BCUT2D eigenvalue weighted by Gasteiger charge is -2.31. The number of nitrogens with one attached hydrogen (secondary N) is 1. The minimum atomic E-state index is -4.62. The molecule has 0 spiro atoms. The minimum Gasteiger partial charge on any atom is -0.379 e. The maximum Gasteiger partial charge on any atom is 0.451 e. The number of nitrogens with zero attached hydrogens (tertiary/aromatic N) is 3. The number of hydrogen-bond acceptors (Lipinski definition) is 5. The summed E-state index contributed by atoms with van der Waals surface area (Å²) < 4.78 is 45.6. The van der Waals surface area contributed by atoms with Crippen molar-refractivity contribution >= 4 is 16.7 Å². The first-order chi connectivity index (χ1) is 14.4. The predicted molar refractivity (Wildman–Crippen MR) is 109 cm³/mol. The van der Waals surface area contributed by atoms with Crippen molar-refractivity contribution in [1.82, 2.24) is 14.9 Å². The van der Waals surface area contributed by atoms with Crippen LogP contribution in [0.15, 0.2) is 48.5 Å². The van der Waals surface area contributed by atoms with Crippen molar-refractivity contribution in [3.63, 3.8) is 0 Å². The van der Waals surface area contributed by atoms with Crippen LogP contribution in [0, 0.1) is 6.92 Å². The summed E-state index contributed by atoms with van der Waals surface area (Å²) >= 11 is 0. The smallest absolute Gasteiger partial charge is 0.379 e. The molecule has 2 aromatic carbocycles.